The lowest BCUT2D eigenvalue weighted by atomic mass is 10.1. The van der Waals surface area contributed by atoms with Crippen molar-refractivity contribution in [3.63, 3.8) is 0 Å². The van der Waals surface area contributed by atoms with E-state index >= 15 is 0 Å². The number of anilines is 1. The third kappa shape index (κ3) is 3.98. The van der Waals surface area contributed by atoms with Crippen molar-refractivity contribution in [3.8, 4) is 0 Å². The van der Waals surface area contributed by atoms with Gasteiger partial charge >= 0.3 is 11.7 Å². The van der Waals surface area contributed by atoms with Crippen molar-refractivity contribution in [2.45, 2.75) is 18.9 Å². The van der Waals surface area contributed by atoms with Crippen LogP contribution in [0.15, 0.2) is 46.9 Å². The molecule has 1 atom stereocenters. The number of carbonyl (C=O) groups excluding carboxylic acids is 2. The van der Waals surface area contributed by atoms with E-state index < -0.39 is 35.1 Å². The summed E-state index contributed by atoms with van der Waals surface area (Å²) in [7, 11) is 4.74. The fraction of sp³-hybridized carbons (Fsp3) is 0.250. The van der Waals surface area contributed by atoms with Crippen LogP contribution in [-0.4, -0.2) is 44.5 Å². The number of aryl methyl sites for hydroxylation is 2. The average molecular weight is 484 g/mol. The van der Waals surface area contributed by atoms with Gasteiger partial charge in [0.15, 0.2) is 0 Å². The lowest BCUT2D eigenvalue weighted by molar-refractivity contribution is -0.141. The lowest BCUT2D eigenvalue weighted by Crippen LogP contribution is -2.36. The minimum atomic E-state index is -1.58. The van der Waals surface area contributed by atoms with Gasteiger partial charge in [-0.2, -0.15) is 0 Å². The Bertz CT molecular complexity index is 1470. The SMILES string of the molecule is CN(/C=C(/C(=O)O)C(=O)N(C=O)C1CCc2c(F)cc(F)cc21)c1ccc2c(c1)n(C)c(=O)n2C. The largest absolute Gasteiger partial charge is 0.477 e. The van der Waals surface area contributed by atoms with Crippen LogP contribution >= 0.6 is 0 Å². The van der Waals surface area contributed by atoms with E-state index in [9.17, 15) is 33.1 Å². The van der Waals surface area contributed by atoms with Crippen molar-refractivity contribution in [1.29, 1.82) is 0 Å². The van der Waals surface area contributed by atoms with Gasteiger partial charge in [-0.1, -0.05) is 0 Å². The van der Waals surface area contributed by atoms with Crippen molar-refractivity contribution in [2.24, 2.45) is 14.1 Å². The molecule has 1 aliphatic rings. The molecule has 9 nitrogen and oxygen atoms in total. The normalized spacial score (nSPS) is 15.2. The first-order chi connectivity index (χ1) is 16.5. The lowest BCUT2D eigenvalue weighted by Gasteiger charge is -2.25. The number of rotatable bonds is 6. The molecule has 1 unspecified atom stereocenters. The van der Waals surface area contributed by atoms with Gasteiger partial charge in [-0.25, -0.2) is 18.4 Å². The van der Waals surface area contributed by atoms with Crippen molar-refractivity contribution < 1.29 is 28.3 Å². The van der Waals surface area contributed by atoms with E-state index in [2.05, 4.69) is 0 Å². The number of fused-ring (bicyclic) bond motifs is 2. The second-order valence-corrected chi connectivity index (χ2v) is 8.36. The van der Waals surface area contributed by atoms with E-state index in [0.29, 0.717) is 21.6 Å². The van der Waals surface area contributed by atoms with Crippen LogP contribution in [0.25, 0.3) is 11.0 Å². The Kier molecular flexibility index (Phi) is 6.01. The van der Waals surface area contributed by atoms with Gasteiger partial charge in [-0.05, 0) is 48.2 Å². The highest BCUT2D eigenvalue weighted by atomic mass is 19.1. The fourth-order valence-electron chi connectivity index (χ4n) is 4.50. The Labute approximate surface area is 198 Å². The standard InChI is InChI=1S/C24H22F2N4O5/c1-27(14-4-6-20-21(10-14)29(3)24(35)28(20)2)11-17(23(33)34)22(32)30(12-31)19-7-5-15-16(19)8-13(25)9-18(15)26/h4,6,8-12,19H,5,7H2,1-3H3,(H,33,34)/b17-11+. The smallest absolute Gasteiger partial charge is 0.342 e. The number of aliphatic carboxylic acids is 1. The van der Waals surface area contributed by atoms with Gasteiger partial charge < -0.3 is 10.0 Å². The van der Waals surface area contributed by atoms with E-state index in [1.165, 1.54) is 21.1 Å². The number of amides is 2. The molecule has 0 spiro atoms. The first-order valence-electron chi connectivity index (χ1n) is 10.6. The number of imidazole rings is 1. The summed E-state index contributed by atoms with van der Waals surface area (Å²) in [5, 5.41) is 9.74. The molecule has 0 aliphatic heterocycles. The van der Waals surface area contributed by atoms with Gasteiger partial charge in [-0.3, -0.25) is 23.6 Å². The molecule has 1 heterocycles. The molecule has 0 radical (unpaired) electrons. The van der Waals surface area contributed by atoms with Crippen molar-refractivity contribution in [2.75, 3.05) is 11.9 Å². The molecule has 0 fully saturated rings. The number of imide groups is 1. The number of nitrogens with zero attached hydrogens (tertiary/aromatic N) is 4. The van der Waals surface area contributed by atoms with Crippen LogP contribution < -0.4 is 10.6 Å². The Morgan fingerprint density at radius 3 is 2.46 bits per heavy atom. The maximum Gasteiger partial charge on any atom is 0.342 e. The van der Waals surface area contributed by atoms with Gasteiger partial charge in [0.2, 0.25) is 6.41 Å². The molecule has 0 bridgehead atoms. The number of carboxylic acid groups (broad SMARTS) is 1. The molecular formula is C24H22F2N4O5. The molecule has 182 valence electrons. The molecule has 3 aromatic rings. The van der Waals surface area contributed by atoms with E-state index in [0.717, 1.165) is 18.3 Å². The van der Waals surface area contributed by atoms with Crippen LogP contribution in [0.3, 0.4) is 0 Å². The van der Waals surface area contributed by atoms with E-state index in [1.807, 2.05) is 0 Å². The topological polar surface area (TPSA) is 105 Å². The van der Waals surface area contributed by atoms with E-state index in [-0.39, 0.29) is 36.1 Å². The summed E-state index contributed by atoms with van der Waals surface area (Å²) < 4.78 is 30.8. The monoisotopic (exact) mass is 484 g/mol. The summed E-state index contributed by atoms with van der Waals surface area (Å²) in [5.74, 6) is -4.33. The maximum atomic E-state index is 14.1. The van der Waals surface area contributed by atoms with Gasteiger partial charge in [0.25, 0.3) is 5.91 Å². The fourth-order valence-corrected chi connectivity index (χ4v) is 4.50. The van der Waals surface area contributed by atoms with Crippen LogP contribution in [-0.2, 0) is 34.9 Å². The third-order valence-electron chi connectivity index (χ3n) is 6.35. The minimum Gasteiger partial charge on any atom is -0.477 e. The number of benzene rings is 2. The summed E-state index contributed by atoms with van der Waals surface area (Å²) >= 11 is 0. The Morgan fingerprint density at radius 1 is 1.11 bits per heavy atom. The Hall–Kier alpha value is -4.28. The van der Waals surface area contributed by atoms with Gasteiger partial charge in [-0.15, -0.1) is 0 Å². The second-order valence-electron chi connectivity index (χ2n) is 8.36. The molecule has 1 aromatic heterocycles. The number of hydrogen-bond donors (Lipinski definition) is 1. The number of hydrogen-bond acceptors (Lipinski definition) is 5. The molecular weight excluding hydrogens is 462 g/mol. The molecule has 0 saturated heterocycles. The molecule has 2 aromatic carbocycles. The minimum absolute atomic E-state index is 0.136. The predicted octanol–water partition coefficient (Wildman–Crippen LogP) is 2.23. The zero-order valence-corrected chi connectivity index (χ0v) is 19.2. The van der Waals surface area contributed by atoms with E-state index in [1.54, 1.807) is 32.3 Å². The van der Waals surface area contributed by atoms with Crippen LogP contribution in [0.4, 0.5) is 14.5 Å². The first kappa shape index (κ1) is 23.9. The zero-order valence-electron chi connectivity index (χ0n) is 19.2. The Morgan fingerprint density at radius 2 is 1.80 bits per heavy atom. The number of carbonyl (C=O) groups is 3. The van der Waals surface area contributed by atoms with Crippen LogP contribution in [0.5, 0.6) is 0 Å². The highest BCUT2D eigenvalue weighted by molar-refractivity contribution is 6.18. The molecule has 35 heavy (non-hydrogen) atoms. The molecule has 0 saturated carbocycles. The highest BCUT2D eigenvalue weighted by Crippen LogP contribution is 2.37. The molecule has 11 heteroatoms. The summed E-state index contributed by atoms with van der Waals surface area (Å²) in [6.45, 7) is 0. The molecule has 4 rings (SSSR count). The highest BCUT2D eigenvalue weighted by Gasteiger charge is 2.36. The molecule has 2 amide bonds. The predicted molar refractivity (Wildman–Crippen MR) is 123 cm³/mol. The number of aromatic nitrogens is 2. The summed E-state index contributed by atoms with van der Waals surface area (Å²) in [6, 6.07) is 5.78. The van der Waals surface area contributed by atoms with Crippen LogP contribution in [0.1, 0.15) is 23.6 Å². The van der Waals surface area contributed by atoms with Crippen molar-refractivity contribution >= 4 is 35.0 Å². The molecule has 1 N–H and O–H groups in total. The van der Waals surface area contributed by atoms with E-state index in [4.69, 9.17) is 0 Å². The molecule has 1 aliphatic carbocycles. The van der Waals surface area contributed by atoms with Gasteiger partial charge in [0, 0.05) is 39.1 Å². The summed E-state index contributed by atoms with van der Waals surface area (Å²) in [6.07, 6.45) is 1.55. The van der Waals surface area contributed by atoms with Crippen LogP contribution in [0, 0.1) is 11.6 Å². The third-order valence-corrected chi connectivity index (χ3v) is 6.35. The quantitative estimate of drug-likeness (QED) is 0.249. The second kappa shape index (κ2) is 8.82. The Balaban J connectivity index is 1.70. The average Bonchev–Trinajstić information content (AvgIpc) is 3.32. The maximum absolute atomic E-state index is 14.1. The van der Waals surface area contributed by atoms with Gasteiger partial charge in [0.1, 0.15) is 17.2 Å². The van der Waals surface area contributed by atoms with Crippen LogP contribution in [0.2, 0.25) is 0 Å². The number of carboxylic acids is 1. The van der Waals surface area contributed by atoms with Gasteiger partial charge in [0.05, 0.1) is 17.1 Å². The summed E-state index contributed by atoms with van der Waals surface area (Å²) in [5.41, 5.74) is 1.12. The van der Waals surface area contributed by atoms with Crippen molar-refractivity contribution in [1.82, 2.24) is 14.0 Å². The van der Waals surface area contributed by atoms with Crippen molar-refractivity contribution in [3.05, 3.63) is 75.4 Å². The zero-order chi connectivity index (χ0) is 25.6. The summed E-state index contributed by atoms with van der Waals surface area (Å²) in [4.78, 5) is 51.2. The first-order valence-corrected chi connectivity index (χ1v) is 10.6. The number of halogens is 2.